The molecule has 0 atom stereocenters. The molecular formula is C74H49Br2N7O2. The van der Waals surface area contributed by atoms with Crippen LogP contribution >= 0.6 is 32.1 Å². The minimum Gasteiger partial charge on any atom is -0.274 e. The predicted octanol–water partition coefficient (Wildman–Crippen LogP) is 18.9. The molecule has 0 saturated carbocycles. The second-order valence-corrected chi connectivity index (χ2v) is 21.8. The van der Waals surface area contributed by atoms with Gasteiger partial charge in [0.25, 0.3) is 0 Å². The first-order valence-electron chi connectivity index (χ1n) is 27.8. The fourth-order valence-corrected chi connectivity index (χ4v) is 11.8. The lowest BCUT2D eigenvalue weighted by Gasteiger charge is -2.15. The Kier molecular flexibility index (Phi) is 15.5. The number of fused-ring (bicyclic) bond motifs is 4. The summed E-state index contributed by atoms with van der Waals surface area (Å²) >= 11 is 6.68. The molecule has 14 aromatic rings. The zero-order chi connectivity index (χ0) is 57.6. The van der Waals surface area contributed by atoms with Crippen LogP contribution in [0.2, 0.25) is 0 Å². The number of carbonyl (C=O) groups is 2. The van der Waals surface area contributed by atoms with Crippen molar-refractivity contribution in [2.75, 3.05) is 0 Å². The van der Waals surface area contributed by atoms with Crippen molar-refractivity contribution < 1.29 is 9.59 Å². The molecule has 1 fully saturated rings. The summed E-state index contributed by atoms with van der Waals surface area (Å²) in [5, 5.41) is 9.69. The zero-order valence-corrected chi connectivity index (χ0v) is 48.8. The second-order valence-electron chi connectivity index (χ2n) is 20.3. The molecule has 12 aromatic carbocycles. The topological polar surface area (TPSA) is 115 Å². The Bertz CT molecular complexity index is 4560. The van der Waals surface area contributed by atoms with Gasteiger partial charge in [0.15, 0.2) is 34.9 Å². The van der Waals surface area contributed by atoms with E-state index in [-0.39, 0.29) is 11.8 Å². The van der Waals surface area contributed by atoms with Gasteiger partial charge in [0.05, 0.1) is 16.1 Å². The van der Waals surface area contributed by atoms with Gasteiger partial charge >= 0.3 is 0 Å². The highest BCUT2D eigenvalue weighted by atomic mass is 79.9. The van der Waals surface area contributed by atoms with Gasteiger partial charge < -0.3 is 0 Å². The first-order chi connectivity index (χ1) is 41.8. The molecule has 0 aliphatic carbocycles. The number of hydrogen-bond donors (Lipinski definition) is 0. The summed E-state index contributed by atoms with van der Waals surface area (Å²) in [5.74, 6) is 3.66. The normalized spacial score (nSPS) is 12.0. The third kappa shape index (κ3) is 11.4. The molecule has 0 spiro atoms. The summed E-state index contributed by atoms with van der Waals surface area (Å²) in [6.45, 7) is 0. The van der Waals surface area contributed by atoms with Gasteiger partial charge in [0.2, 0.25) is 11.8 Å². The van der Waals surface area contributed by atoms with Gasteiger partial charge in [-0.3, -0.25) is 9.59 Å². The van der Waals surface area contributed by atoms with Crippen LogP contribution in [0.1, 0.15) is 12.8 Å². The first-order valence-corrected chi connectivity index (χ1v) is 29.3. The van der Waals surface area contributed by atoms with Gasteiger partial charge in [-0.05, 0) is 99.5 Å². The average Bonchev–Trinajstić information content (AvgIpc) is 3.97. The maximum atomic E-state index is 10.4. The maximum absolute atomic E-state index is 10.4. The summed E-state index contributed by atoms with van der Waals surface area (Å²) in [6, 6.07) is 93.9. The molecule has 0 N–H and O–H groups in total. The number of aromatic nitrogens is 6. The molecule has 2 amide bonds. The van der Waals surface area contributed by atoms with Crippen LogP contribution in [-0.2, 0) is 9.59 Å². The summed E-state index contributed by atoms with van der Waals surface area (Å²) in [5.41, 5.74) is 10.4. The smallest absolute Gasteiger partial charge is 0.239 e. The minimum absolute atomic E-state index is 0.144. The number of carbonyl (C=O) groups excluding carboxylic acids is 2. The summed E-state index contributed by atoms with van der Waals surface area (Å²) in [7, 11) is 0. The van der Waals surface area contributed by atoms with E-state index >= 15 is 0 Å². The monoisotopic (exact) mass is 1230 g/mol. The Morgan fingerprint density at radius 2 is 0.529 bits per heavy atom. The lowest BCUT2D eigenvalue weighted by molar-refractivity contribution is -0.131. The van der Waals surface area contributed by atoms with Gasteiger partial charge in [0.1, 0.15) is 0 Å². The summed E-state index contributed by atoms with van der Waals surface area (Å²) < 4.78 is 2.10. The molecule has 0 radical (unpaired) electrons. The highest BCUT2D eigenvalue weighted by Crippen LogP contribution is 2.43. The van der Waals surface area contributed by atoms with E-state index in [0.717, 1.165) is 52.9 Å². The molecule has 406 valence electrons. The first kappa shape index (κ1) is 54.1. The number of amides is 2. The van der Waals surface area contributed by atoms with Crippen LogP contribution < -0.4 is 0 Å². The van der Waals surface area contributed by atoms with Crippen molar-refractivity contribution in [1.29, 1.82) is 0 Å². The van der Waals surface area contributed by atoms with Gasteiger partial charge in [-0.1, -0.05) is 255 Å². The van der Waals surface area contributed by atoms with E-state index < -0.39 is 0 Å². The van der Waals surface area contributed by atoms with Crippen molar-refractivity contribution in [3.8, 4) is 90.6 Å². The van der Waals surface area contributed by atoms with Crippen LogP contribution in [0.5, 0.6) is 0 Å². The largest absolute Gasteiger partial charge is 0.274 e. The number of nitrogens with zero attached hydrogens (tertiary/aromatic N) is 7. The van der Waals surface area contributed by atoms with Crippen molar-refractivity contribution >= 4 is 87.0 Å². The third-order valence-electron chi connectivity index (χ3n) is 14.8. The number of halogens is 2. The summed E-state index contributed by atoms with van der Waals surface area (Å²) in [6.07, 6.45) is 0.703. The van der Waals surface area contributed by atoms with E-state index in [0.29, 0.717) is 47.8 Å². The van der Waals surface area contributed by atoms with Crippen molar-refractivity contribution in [2.24, 2.45) is 0 Å². The van der Waals surface area contributed by atoms with Crippen molar-refractivity contribution in [3.63, 3.8) is 0 Å². The van der Waals surface area contributed by atoms with Crippen LogP contribution in [0.3, 0.4) is 0 Å². The molecule has 15 rings (SSSR count). The minimum atomic E-state index is -0.144. The molecule has 9 nitrogen and oxygen atoms in total. The molecule has 0 unspecified atom stereocenters. The molecule has 1 aliphatic rings. The van der Waals surface area contributed by atoms with Crippen LogP contribution in [-0.4, -0.2) is 45.6 Å². The molecule has 3 heterocycles. The van der Waals surface area contributed by atoms with E-state index in [2.05, 4.69) is 184 Å². The van der Waals surface area contributed by atoms with Gasteiger partial charge in [0, 0.05) is 50.7 Å². The fraction of sp³-hybridized carbons (Fsp3) is 0.0270. The third-order valence-corrected chi connectivity index (χ3v) is 16.5. The molecule has 85 heavy (non-hydrogen) atoms. The molecule has 2 aromatic heterocycles. The fourth-order valence-electron chi connectivity index (χ4n) is 10.8. The standard InChI is InChI=1S/C35H22BrN3.C35H23N3.C4H4BrNO2/c36-32-29-20-9-7-18-27(29)31(28-19-8-10-21-30(28)32)25-16-11-17-26(22-25)35-38-33(23-12-3-1-4-13-23)37-34(39-35)24-14-5-2-6-15-24;1-3-12-24(13-4-1)33-36-34(25-14-5-2-6-15-25)38-35(37-33)29-19-11-18-28(23-29)32-30-20-9-7-16-26(30)22-27-17-8-10-21-31(27)32;5-6-3(7)1-2-4(6)8/h1-22H;1-23H;1-2H2. The SMILES string of the molecule is Brc1c2ccccc2c(-c2cccc(-c3nc(-c4ccccc4)nc(-c4ccccc4)n3)c2)c2ccccc12.O=C1CCC(=O)N1Br.c1ccc(-c2nc(-c3ccccc3)nc(-c3cccc(-c4c5ccccc5cc5ccccc45)c3)n2)cc1. The lowest BCUT2D eigenvalue weighted by Crippen LogP contribution is -2.16. The number of benzene rings is 12. The Labute approximate surface area is 507 Å². The highest BCUT2D eigenvalue weighted by Gasteiger charge is 2.26. The van der Waals surface area contributed by atoms with Crippen LogP contribution in [0, 0.1) is 0 Å². The van der Waals surface area contributed by atoms with E-state index in [1.165, 1.54) is 54.2 Å². The maximum Gasteiger partial charge on any atom is 0.239 e. The Balaban J connectivity index is 0.000000140. The van der Waals surface area contributed by atoms with Crippen LogP contribution in [0.15, 0.2) is 277 Å². The Morgan fingerprint density at radius 3 is 0.859 bits per heavy atom. The van der Waals surface area contributed by atoms with E-state index in [1.807, 2.05) is 121 Å². The number of imide groups is 1. The average molecular weight is 1230 g/mol. The molecular weight excluding hydrogens is 1180 g/mol. The molecule has 11 heteroatoms. The summed E-state index contributed by atoms with van der Waals surface area (Å²) in [4.78, 5) is 50.3. The predicted molar refractivity (Wildman–Crippen MR) is 351 cm³/mol. The van der Waals surface area contributed by atoms with E-state index in [1.54, 1.807) is 0 Å². The Morgan fingerprint density at radius 1 is 0.271 bits per heavy atom. The van der Waals surface area contributed by atoms with E-state index in [4.69, 9.17) is 29.9 Å². The van der Waals surface area contributed by atoms with Gasteiger partial charge in [-0.25, -0.2) is 33.8 Å². The van der Waals surface area contributed by atoms with Crippen LogP contribution in [0.4, 0.5) is 0 Å². The lowest BCUT2D eigenvalue weighted by atomic mass is 9.91. The van der Waals surface area contributed by atoms with Gasteiger partial charge in [-0.2, -0.15) is 0 Å². The van der Waals surface area contributed by atoms with E-state index in [9.17, 15) is 9.59 Å². The van der Waals surface area contributed by atoms with Crippen LogP contribution in [0.25, 0.3) is 134 Å². The second kappa shape index (κ2) is 24.3. The van der Waals surface area contributed by atoms with Gasteiger partial charge in [-0.15, -0.1) is 0 Å². The molecule has 1 aliphatic heterocycles. The van der Waals surface area contributed by atoms with Crippen molar-refractivity contribution in [1.82, 2.24) is 33.8 Å². The zero-order valence-electron chi connectivity index (χ0n) is 45.6. The molecule has 1 saturated heterocycles. The number of hydrogen-bond acceptors (Lipinski definition) is 8. The van der Waals surface area contributed by atoms with Crippen molar-refractivity contribution in [3.05, 3.63) is 277 Å². The molecule has 0 bridgehead atoms. The Hall–Kier alpha value is -10.2. The quantitative estimate of drug-likeness (QED) is 0.0839. The van der Waals surface area contributed by atoms with Crippen molar-refractivity contribution in [2.45, 2.75) is 12.8 Å². The highest BCUT2D eigenvalue weighted by molar-refractivity contribution is 9.11. The number of rotatable bonds is 8.